The van der Waals surface area contributed by atoms with Gasteiger partial charge >= 0.3 is 0 Å². The van der Waals surface area contributed by atoms with Gasteiger partial charge in [0.25, 0.3) is 0 Å². The Morgan fingerprint density at radius 2 is 1.00 bits per heavy atom. The second-order valence-electron chi connectivity index (χ2n) is 1.96. The standard InChI is InChI=1S/C3H6N2.2C3H8/c1-4-3-5-2;2*1-3-2/h1-2H3;2*3H2,1-2H3. The molecular weight excluding hydrogens is 136 g/mol. The Morgan fingerprint density at radius 3 is 1.00 bits per heavy atom. The van der Waals surface area contributed by atoms with Crippen molar-refractivity contribution in [3.63, 3.8) is 0 Å². The zero-order valence-corrected chi connectivity index (χ0v) is 8.81. The zero-order valence-electron chi connectivity index (χ0n) is 8.81. The van der Waals surface area contributed by atoms with E-state index in [1.807, 2.05) is 0 Å². The van der Waals surface area contributed by atoms with Crippen LogP contribution in [0.25, 0.3) is 0 Å². The summed E-state index contributed by atoms with van der Waals surface area (Å²) in [7, 11) is 3.26. The zero-order chi connectivity index (χ0) is 9.54. The third-order valence-corrected chi connectivity index (χ3v) is 0.200. The normalized spacial score (nSPS) is 5.64. The molecule has 2 heteroatoms. The number of aliphatic imine (C=N–C) groups is 2. The molecule has 0 aromatic carbocycles. The lowest BCUT2D eigenvalue weighted by Crippen LogP contribution is -1.46. The molecule has 0 aromatic rings. The van der Waals surface area contributed by atoms with Gasteiger partial charge in [-0.15, -0.1) is 0 Å². The first-order valence-electron chi connectivity index (χ1n) is 4.17. The second-order valence-corrected chi connectivity index (χ2v) is 1.96. The molecule has 0 saturated carbocycles. The first-order valence-corrected chi connectivity index (χ1v) is 4.17. The smallest absolute Gasteiger partial charge is 0.0886 e. The van der Waals surface area contributed by atoms with Crippen LogP contribution in [0.1, 0.15) is 40.5 Å². The van der Waals surface area contributed by atoms with Crippen LogP contribution < -0.4 is 0 Å². The Morgan fingerprint density at radius 1 is 0.818 bits per heavy atom. The van der Waals surface area contributed by atoms with E-state index >= 15 is 0 Å². The Kier molecular flexibility index (Phi) is 52.3. The van der Waals surface area contributed by atoms with Crippen molar-refractivity contribution in [1.29, 1.82) is 0 Å². The van der Waals surface area contributed by atoms with Crippen molar-refractivity contribution in [1.82, 2.24) is 0 Å². The van der Waals surface area contributed by atoms with E-state index in [9.17, 15) is 0 Å². The molecule has 0 aliphatic carbocycles. The van der Waals surface area contributed by atoms with Gasteiger partial charge in [-0.05, 0) is 0 Å². The highest BCUT2D eigenvalue weighted by Crippen LogP contribution is 1.56. The lowest BCUT2D eigenvalue weighted by Gasteiger charge is -1.50. The van der Waals surface area contributed by atoms with Crippen LogP contribution in [0.5, 0.6) is 0 Å². The summed E-state index contributed by atoms with van der Waals surface area (Å²) in [6.07, 6.45) is 2.50. The van der Waals surface area contributed by atoms with E-state index in [-0.39, 0.29) is 0 Å². The van der Waals surface area contributed by atoms with Gasteiger partial charge in [0.2, 0.25) is 0 Å². The van der Waals surface area contributed by atoms with E-state index in [0.29, 0.717) is 0 Å². The molecule has 0 radical (unpaired) electrons. The summed E-state index contributed by atoms with van der Waals surface area (Å²) in [5.41, 5.74) is 0. The van der Waals surface area contributed by atoms with Gasteiger partial charge < -0.3 is 0 Å². The van der Waals surface area contributed by atoms with Gasteiger partial charge in [-0.3, -0.25) is 0 Å². The van der Waals surface area contributed by atoms with E-state index in [1.54, 1.807) is 14.1 Å². The van der Waals surface area contributed by atoms with E-state index in [0.717, 1.165) is 0 Å². The minimum atomic E-state index is 1.25. The number of hydrogen-bond donors (Lipinski definition) is 0. The molecule has 0 atom stereocenters. The molecule has 68 valence electrons. The Hall–Kier alpha value is -0.620. The maximum absolute atomic E-state index is 3.44. The van der Waals surface area contributed by atoms with Crippen LogP contribution in [0.3, 0.4) is 0 Å². The fourth-order valence-electron chi connectivity index (χ4n) is 0.100. The van der Waals surface area contributed by atoms with Crippen LogP contribution in [0.2, 0.25) is 0 Å². The third-order valence-electron chi connectivity index (χ3n) is 0.200. The summed E-state index contributed by atoms with van der Waals surface area (Å²) < 4.78 is 0. The van der Waals surface area contributed by atoms with Gasteiger partial charge in [-0.25, -0.2) is 9.98 Å². The van der Waals surface area contributed by atoms with Gasteiger partial charge in [-0.2, -0.15) is 0 Å². The van der Waals surface area contributed by atoms with Crippen molar-refractivity contribution in [2.45, 2.75) is 40.5 Å². The summed E-state index contributed by atoms with van der Waals surface area (Å²) in [6.45, 7) is 8.50. The van der Waals surface area contributed by atoms with Crippen molar-refractivity contribution in [2.75, 3.05) is 14.1 Å². The van der Waals surface area contributed by atoms with Crippen molar-refractivity contribution < 1.29 is 0 Å². The maximum Gasteiger partial charge on any atom is 0.0886 e. The molecule has 0 rings (SSSR count). The van der Waals surface area contributed by atoms with Gasteiger partial charge in [0.05, 0.1) is 6.01 Å². The fraction of sp³-hybridized carbons (Fsp3) is 0.889. The number of rotatable bonds is 0. The second kappa shape index (κ2) is 34.3. The SMILES string of the molecule is CCC.CCC.CN=C=NC. The van der Waals surface area contributed by atoms with Crippen molar-refractivity contribution in [2.24, 2.45) is 9.98 Å². The highest BCUT2D eigenvalue weighted by molar-refractivity contribution is 5.39. The van der Waals surface area contributed by atoms with Crippen LogP contribution in [-0.2, 0) is 0 Å². The lowest BCUT2D eigenvalue weighted by atomic mass is 10.6. The van der Waals surface area contributed by atoms with E-state index in [2.05, 4.69) is 43.7 Å². The average Bonchev–Trinajstić information content (AvgIpc) is 1.92. The number of hydrogen-bond acceptors (Lipinski definition) is 2. The molecule has 0 spiro atoms. The van der Waals surface area contributed by atoms with Gasteiger partial charge in [-0.1, -0.05) is 40.5 Å². The Bertz CT molecular complexity index is 73.6. The predicted molar refractivity (Wildman–Crippen MR) is 53.6 cm³/mol. The maximum atomic E-state index is 3.44. The van der Waals surface area contributed by atoms with E-state index in [4.69, 9.17) is 0 Å². The summed E-state index contributed by atoms with van der Waals surface area (Å²) in [6, 6.07) is 2.36. The Labute approximate surface area is 71.5 Å². The molecule has 11 heavy (non-hydrogen) atoms. The summed E-state index contributed by atoms with van der Waals surface area (Å²) in [5.74, 6) is 0. The van der Waals surface area contributed by atoms with Gasteiger partial charge in [0, 0.05) is 14.1 Å². The molecule has 2 nitrogen and oxygen atoms in total. The summed E-state index contributed by atoms with van der Waals surface area (Å²) >= 11 is 0. The minimum absolute atomic E-state index is 1.25. The summed E-state index contributed by atoms with van der Waals surface area (Å²) in [5, 5.41) is 0. The molecule has 0 N–H and O–H groups in total. The van der Waals surface area contributed by atoms with Crippen LogP contribution in [0.15, 0.2) is 9.98 Å². The topological polar surface area (TPSA) is 24.7 Å². The van der Waals surface area contributed by atoms with E-state index in [1.165, 1.54) is 12.8 Å². The quantitative estimate of drug-likeness (QED) is 0.483. The Balaban J connectivity index is -0.0000000933. The molecule has 0 aromatic heterocycles. The van der Waals surface area contributed by atoms with Crippen molar-refractivity contribution in [3.05, 3.63) is 0 Å². The molecule has 0 amide bonds. The van der Waals surface area contributed by atoms with Crippen molar-refractivity contribution >= 4 is 6.01 Å². The van der Waals surface area contributed by atoms with E-state index < -0.39 is 0 Å². The molecule has 0 aliphatic rings. The molecule has 0 aliphatic heterocycles. The van der Waals surface area contributed by atoms with Crippen LogP contribution in [0, 0.1) is 0 Å². The number of nitrogens with zero attached hydrogens (tertiary/aromatic N) is 2. The molecule has 0 bridgehead atoms. The largest absolute Gasteiger partial charge is 0.229 e. The molecule has 0 fully saturated rings. The highest BCUT2D eigenvalue weighted by atomic mass is 14.7. The first kappa shape index (κ1) is 16.8. The fourth-order valence-corrected chi connectivity index (χ4v) is 0.100. The van der Waals surface area contributed by atoms with Gasteiger partial charge in [0.15, 0.2) is 0 Å². The van der Waals surface area contributed by atoms with Gasteiger partial charge in [0.1, 0.15) is 0 Å². The molecule has 0 saturated heterocycles. The monoisotopic (exact) mass is 158 g/mol. The van der Waals surface area contributed by atoms with Crippen molar-refractivity contribution in [3.8, 4) is 0 Å². The third kappa shape index (κ3) is 268. The predicted octanol–water partition coefficient (Wildman–Crippen LogP) is 3.25. The highest BCUT2D eigenvalue weighted by Gasteiger charge is 1.36. The first-order chi connectivity index (χ1) is 5.24. The minimum Gasteiger partial charge on any atom is -0.229 e. The molecular formula is C9H22N2. The lowest BCUT2D eigenvalue weighted by molar-refractivity contribution is 1.09. The molecule has 0 unspecified atom stereocenters. The van der Waals surface area contributed by atoms with Crippen LogP contribution in [-0.4, -0.2) is 20.1 Å². The average molecular weight is 158 g/mol. The molecule has 0 heterocycles. The van der Waals surface area contributed by atoms with Crippen LogP contribution >= 0.6 is 0 Å². The van der Waals surface area contributed by atoms with Crippen LogP contribution in [0.4, 0.5) is 0 Å². The summed E-state index contributed by atoms with van der Waals surface area (Å²) in [4.78, 5) is 6.88.